The molecule has 3 rings (SSSR count). The van der Waals surface area contributed by atoms with E-state index < -0.39 is 0 Å². The molecule has 102 valence electrons. The van der Waals surface area contributed by atoms with E-state index >= 15 is 0 Å². The Morgan fingerprint density at radius 2 is 2.21 bits per heavy atom. The number of fused-ring (bicyclic) bond motifs is 2. The molecule has 19 heavy (non-hydrogen) atoms. The van der Waals surface area contributed by atoms with Gasteiger partial charge in [0.1, 0.15) is 0 Å². The van der Waals surface area contributed by atoms with Gasteiger partial charge in [0.2, 0.25) is 5.91 Å². The van der Waals surface area contributed by atoms with Gasteiger partial charge < -0.3 is 11.1 Å². The van der Waals surface area contributed by atoms with Crippen LogP contribution in [0.25, 0.3) is 0 Å². The molecule has 0 spiro atoms. The van der Waals surface area contributed by atoms with Crippen molar-refractivity contribution >= 4 is 11.6 Å². The second kappa shape index (κ2) is 4.87. The van der Waals surface area contributed by atoms with Crippen LogP contribution in [0, 0.1) is 24.7 Å². The summed E-state index contributed by atoms with van der Waals surface area (Å²) in [5.74, 6) is 1.97. The summed E-state index contributed by atoms with van der Waals surface area (Å²) in [6, 6.07) is 5.88. The lowest BCUT2D eigenvalue weighted by Gasteiger charge is -2.21. The first-order valence-corrected chi connectivity index (χ1v) is 7.27. The Morgan fingerprint density at radius 3 is 2.89 bits per heavy atom. The standard InChI is InChI=1S/C16H22N2O/c1-10-13(3-2-4-15(10)17)9-18-16(19)14-8-11-5-6-12(14)7-11/h2-4,11-12,14H,5-9,17H2,1H3,(H,18,19). The predicted molar refractivity (Wildman–Crippen MR) is 76.4 cm³/mol. The third-order valence-electron chi connectivity index (χ3n) is 5.02. The SMILES string of the molecule is Cc1c(N)cccc1CNC(=O)C1CC2CCC1C2. The predicted octanol–water partition coefficient (Wildman–Crippen LogP) is 2.63. The number of nitrogen functional groups attached to an aromatic ring is 1. The Balaban J connectivity index is 1.60. The molecule has 2 bridgehead atoms. The summed E-state index contributed by atoms with van der Waals surface area (Å²) in [5.41, 5.74) is 8.88. The molecule has 1 aromatic rings. The number of amides is 1. The number of hydrogen-bond donors (Lipinski definition) is 2. The molecule has 3 heteroatoms. The van der Waals surface area contributed by atoms with Gasteiger partial charge in [-0.1, -0.05) is 18.6 Å². The van der Waals surface area contributed by atoms with Crippen molar-refractivity contribution in [1.82, 2.24) is 5.32 Å². The van der Waals surface area contributed by atoms with Crippen molar-refractivity contribution in [2.24, 2.45) is 17.8 Å². The summed E-state index contributed by atoms with van der Waals surface area (Å²) in [5, 5.41) is 3.10. The van der Waals surface area contributed by atoms with Crippen molar-refractivity contribution in [2.45, 2.75) is 39.2 Å². The van der Waals surface area contributed by atoms with Gasteiger partial charge in [-0.15, -0.1) is 0 Å². The van der Waals surface area contributed by atoms with Crippen LogP contribution in [0.15, 0.2) is 18.2 Å². The first-order valence-electron chi connectivity index (χ1n) is 7.27. The van der Waals surface area contributed by atoms with E-state index in [1.54, 1.807) is 0 Å². The molecule has 3 unspecified atom stereocenters. The van der Waals surface area contributed by atoms with E-state index in [-0.39, 0.29) is 11.8 Å². The Morgan fingerprint density at radius 1 is 1.37 bits per heavy atom. The van der Waals surface area contributed by atoms with Gasteiger partial charge in [-0.2, -0.15) is 0 Å². The van der Waals surface area contributed by atoms with Crippen LogP contribution in [-0.2, 0) is 11.3 Å². The molecular formula is C16H22N2O. The Kier molecular flexibility index (Phi) is 3.21. The van der Waals surface area contributed by atoms with Crippen LogP contribution in [0.1, 0.15) is 36.8 Å². The van der Waals surface area contributed by atoms with Crippen LogP contribution < -0.4 is 11.1 Å². The van der Waals surface area contributed by atoms with Crippen LogP contribution >= 0.6 is 0 Å². The fourth-order valence-electron chi connectivity index (χ4n) is 3.77. The first kappa shape index (κ1) is 12.5. The molecule has 1 amide bonds. The van der Waals surface area contributed by atoms with Gasteiger partial charge in [0, 0.05) is 18.2 Å². The Labute approximate surface area is 114 Å². The zero-order valence-corrected chi connectivity index (χ0v) is 11.5. The van der Waals surface area contributed by atoms with E-state index in [0.29, 0.717) is 12.5 Å². The Bertz CT molecular complexity index is 498. The van der Waals surface area contributed by atoms with Gasteiger partial charge >= 0.3 is 0 Å². The highest BCUT2D eigenvalue weighted by atomic mass is 16.1. The number of carbonyl (C=O) groups excluding carboxylic acids is 1. The van der Waals surface area contributed by atoms with Crippen LogP contribution in [0.3, 0.4) is 0 Å². The molecule has 0 saturated heterocycles. The molecule has 2 saturated carbocycles. The van der Waals surface area contributed by atoms with Crippen molar-refractivity contribution in [3.05, 3.63) is 29.3 Å². The maximum atomic E-state index is 12.3. The number of anilines is 1. The van der Waals surface area contributed by atoms with Gasteiger partial charge in [0.25, 0.3) is 0 Å². The summed E-state index contributed by atoms with van der Waals surface area (Å²) in [6.45, 7) is 2.61. The van der Waals surface area contributed by atoms with Crippen LogP contribution in [0.5, 0.6) is 0 Å². The molecule has 1 aromatic carbocycles. The monoisotopic (exact) mass is 258 g/mol. The van der Waals surface area contributed by atoms with Crippen molar-refractivity contribution in [3.63, 3.8) is 0 Å². The highest BCUT2D eigenvalue weighted by Gasteiger charge is 2.42. The van der Waals surface area contributed by atoms with E-state index in [1.165, 1.54) is 19.3 Å². The zero-order valence-electron chi connectivity index (χ0n) is 11.5. The molecule has 3 atom stereocenters. The van der Waals surface area contributed by atoms with Crippen molar-refractivity contribution in [3.8, 4) is 0 Å². The normalized spacial score (nSPS) is 28.6. The van der Waals surface area contributed by atoms with Crippen molar-refractivity contribution in [1.29, 1.82) is 0 Å². The fraction of sp³-hybridized carbons (Fsp3) is 0.562. The highest BCUT2D eigenvalue weighted by Crippen LogP contribution is 2.48. The molecule has 3 N–H and O–H groups in total. The lowest BCUT2D eigenvalue weighted by Crippen LogP contribution is -2.33. The van der Waals surface area contributed by atoms with Crippen LogP contribution in [-0.4, -0.2) is 5.91 Å². The van der Waals surface area contributed by atoms with E-state index in [0.717, 1.165) is 29.2 Å². The van der Waals surface area contributed by atoms with E-state index in [1.807, 2.05) is 25.1 Å². The summed E-state index contributed by atoms with van der Waals surface area (Å²) in [6.07, 6.45) is 4.96. The minimum absolute atomic E-state index is 0.244. The maximum absolute atomic E-state index is 12.3. The van der Waals surface area contributed by atoms with E-state index in [4.69, 9.17) is 5.73 Å². The number of carbonyl (C=O) groups is 1. The number of benzene rings is 1. The number of nitrogens with one attached hydrogen (secondary N) is 1. The summed E-state index contributed by atoms with van der Waals surface area (Å²) in [7, 11) is 0. The third kappa shape index (κ3) is 2.34. The molecule has 3 nitrogen and oxygen atoms in total. The Hall–Kier alpha value is -1.51. The molecule has 2 aliphatic carbocycles. The van der Waals surface area contributed by atoms with Crippen LogP contribution in [0.2, 0.25) is 0 Å². The van der Waals surface area contributed by atoms with Gasteiger partial charge in [0.15, 0.2) is 0 Å². The molecule has 0 heterocycles. The van der Waals surface area contributed by atoms with Crippen molar-refractivity contribution < 1.29 is 4.79 Å². The molecule has 0 aromatic heterocycles. The molecule has 2 fully saturated rings. The van der Waals surface area contributed by atoms with Gasteiger partial charge in [-0.3, -0.25) is 4.79 Å². The third-order valence-corrected chi connectivity index (χ3v) is 5.02. The first-order chi connectivity index (χ1) is 9.15. The molecule has 2 aliphatic rings. The number of rotatable bonds is 3. The summed E-state index contributed by atoms with van der Waals surface area (Å²) < 4.78 is 0. The summed E-state index contributed by atoms with van der Waals surface area (Å²) >= 11 is 0. The van der Waals surface area contributed by atoms with Crippen LogP contribution in [0.4, 0.5) is 5.69 Å². The van der Waals surface area contributed by atoms with E-state index in [2.05, 4.69) is 5.32 Å². The lowest BCUT2D eigenvalue weighted by molar-refractivity contribution is -0.126. The van der Waals surface area contributed by atoms with Crippen molar-refractivity contribution in [2.75, 3.05) is 5.73 Å². The lowest BCUT2D eigenvalue weighted by atomic mass is 9.88. The maximum Gasteiger partial charge on any atom is 0.223 e. The smallest absolute Gasteiger partial charge is 0.223 e. The van der Waals surface area contributed by atoms with Gasteiger partial charge in [0.05, 0.1) is 0 Å². The second-order valence-electron chi connectivity index (χ2n) is 6.13. The zero-order chi connectivity index (χ0) is 13.4. The minimum atomic E-state index is 0.244. The average molecular weight is 258 g/mol. The topological polar surface area (TPSA) is 55.1 Å². The summed E-state index contributed by atoms with van der Waals surface area (Å²) in [4.78, 5) is 12.3. The molecular weight excluding hydrogens is 236 g/mol. The quantitative estimate of drug-likeness (QED) is 0.819. The average Bonchev–Trinajstić information content (AvgIpc) is 3.02. The number of hydrogen-bond acceptors (Lipinski definition) is 2. The fourth-order valence-corrected chi connectivity index (χ4v) is 3.77. The minimum Gasteiger partial charge on any atom is -0.399 e. The highest BCUT2D eigenvalue weighted by molar-refractivity contribution is 5.79. The number of nitrogens with two attached hydrogens (primary N) is 1. The second-order valence-corrected chi connectivity index (χ2v) is 6.13. The van der Waals surface area contributed by atoms with E-state index in [9.17, 15) is 4.79 Å². The molecule has 0 radical (unpaired) electrons. The van der Waals surface area contributed by atoms with Gasteiger partial charge in [-0.05, 0) is 55.2 Å². The molecule has 0 aliphatic heterocycles. The largest absolute Gasteiger partial charge is 0.399 e. The van der Waals surface area contributed by atoms with Gasteiger partial charge in [-0.25, -0.2) is 0 Å².